The van der Waals surface area contributed by atoms with Crippen LogP contribution in [0, 0.1) is 25.7 Å². The summed E-state index contributed by atoms with van der Waals surface area (Å²) < 4.78 is 27.1. The number of rotatable bonds is 5. The fraction of sp³-hybridized carbons (Fsp3) is 0.529. The number of likely N-dealkylation sites (tertiary alicyclic amines) is 1. The molecular formula is C17H22N2O4S. The normalized spacial score (nSPS) is 21.2. The Bertz CT molecular complexity index is 784. The molecule has 1 unspecified atom stereocenters. The van der Waals surface area contributed by atoms with E-state index in [1.54, 1.807) is 30.9 Å². The van der Waals surface area contributed by atoms with Gasteiger partial charge >= 0.3 is 0 Å². The molecule has 0 radical (unpaired) electrons. The molecule has 6 nitrogen and oxygen atoms in total. The zero-order chi connectivity index (χ0) is 17.5. The molecule has 0 bridgehead atoms. The van der Waals surface area contributed by atoms with Crippen LogP contribution >= 0.6 is 0 Å². The zero-order valence-electron chi connectivity index (χ0n) is 13.9. The predicted molar refractivity (Wildman–Crippen MR) is 88.7 cm³/mol. The van der Waals surface area contributed by atoms with Gasteiger partial charge in [0.15, 0.2) is 0 Å². The van der Waals surface area contributed by atoms with Crippen LogP contribution in [0.4, 0.5) is 0 Å². The fourth-order valence-corrected chi connectivity index (χ4v) is 4.38. The van der Waals surface area contributed by atoms with Crippen LogP contribution in [0.3, 0.4) is 0 Å². The number of carbonyl (C=O) groups excluding carboxylic acids is 2. The maximum Gasteiger partial charge on any atom is 0.264 e. The number of aryl methyl sites for hydroxylation is 2. The van der Waals surface area contributed by atoms with Crippen LogP contribution in [-0.4, -0.2) is 38.2 Å². The third kappa shape index (κ3) is 3.61. The Hall–Kier alpha value is -1.89. The number of benzene rings is 1. The maximum atomic E-state index is 12.5. The molecule has 130 valence electrons. The van der Waals surface area contributed by atoms with Gasteiger partial charge in [0.05, 0.1) is 10.8 Å². The third-order valence-electron chi connectivity index (χ3n) is 4.63. The summed E-state index contributed by atoms with van der Waals surface area (Å²) in [4.78, 5) is 26.1. The highest BCUT2D eigenvalue weighted by molar-refractivity contribution is 7.90. The topological polar surface area (TPSA) is 83.5 Å². The van der Waals surface area contributed by atoms with Crippen molar-refractivity contribution in [1.29, 1.82) is 0 Å². The molecule has 1 heterocycles. The molecule has 2 fully saturated rings. The summed E-state index contributed by atoms with van der Waals surface area (Å²) in [5.74, 6) is -0.709. The van der Waals surface area contributed by atoms with E-state index in [1.807, 2.05) is 6.07 Å². The van der Waals surface area contributed by atoms with Crippen molar-refractivity contribution >= 4 is 21.8 Å². The minimum absolute atomic E-state index is 0.0637. The minimum Gasteiger partial charge on any atom is -0.342 e. The highest BCUT2D eigenvalue weighted by Gasteiger charge is 2.38. The summed E-state index contributed by atoms with van der Waals surface area (Å²) in [6, 6.07) is 5.08. The van der Waals surface area contributed by atoms with Gasteiger partial charge in [-0.1, -0.05) is 12.1 Å². The summed E-state index contributed by atoms with van der Waals surface area (Å²) in [7, 11) is -3.93. The second-order valence-corrected chi connectivity index (χ2v) is 8.53. The van der Waals surface area contributed by atoms with E-state index in [0.29, 0.717) is 24.6 Å². The lowest BCUT2D eigenvalue weighted by atomic mass is 10.1. The van der Waals surface area contributed by atoms with Gasteiger partial charge in [0.25, 0.3) is 10.0 Å². The van der Waals surface area contributed by atoms with Gasteiger partial charge in [-0.05, 0) is 49.8 Å². The Morgan fingerprint density at radius 3 is 2.67 bits per heavy atom. The highest BCUT2D eigenvalue weighted by atomic mass is 32.2. The van der Waals surface area contributed by atoms with Crippen LogP contribution in [-0.2, 0) is 19.6 Å². The summed E-state index contributed by atoms with van der Waals surface area (Å²) in [6.07, 6.45) is 2.34. The molecule has 2 amide bonds. The summed E-state index contributed by atoms with van der Waals surface area (Å²) in [5, 5.41) is 0. The number of nitrogens with zero attached hydrogens (tertiary/aromatic N) is 1. The van der Waals surface area contributed by atoms with Crippen molar-refractivity contribution in [2.45, 2.75) is 38.0 Å². The van der Waals surface area contributed by atoms with Crippen molar-refractivity contribution in [1.82, 2.24) is 9.62 Å². The van der Waals surface area contributed by atoms with Crippen molar-refractivity contribution in [2.75, 3.05) is 13.1 Å². The second kappa shape index (κ2) is 6.20. The first-order valence-electron chi connectivity index (χ1n) is 8.18. The number of nitrogens with one attached hydrogen (secondary N) is 1. The van der Waals surface area contributed by atoms with E-state index in [0.717, 1.165) is 18.4 Å². The molecule has 24 heavy (non-hydrogen) atoms. The van der Waals surface area contributed by atoms with Crippen LogP contribution < -0.4 is 4.72 Å². The number of amides is 2. The number of hydrogen-bond donors (Lipinski definition) is 1. The van der Waals surface area contributed by atoms with Gasteiger partial charge in [-0.2, -0.15) is 0 Å². The lowest BCUT2D eigenvalue weighted by Gasteiger charge is -2.16. The molecule has 1 aromatic carbocycles. The largest absolute Gasteiger partial charge is 0.342 e. The van der Waals surface area contributed by atoms with Crippen molar-refractivity contribution in [3.8, 4) is 0 Å². The van der Waals surface area contributed by atoms with Gasteiger partial charge in [0.2, 0.25) is 11.8 Å². The molecule has 2 aliphatic rings. The van der Waals surface area contributed by atoms with E-state index >= 15 is 0 Å². The number of hydrogen-bond acceptors (Lipinski definition) is 4. The van der Waals surface area contributed by atoms with Crippen LogP contribution in [0.2, 0.25) is 0 Å². The number of sulfonamides is 1. The summed E-state index contributed by atoms with van der Waals surface area (Å²) in [6.45, 7) is 4.48. The average Bonchev–Trinajstić information content (AvgIpc) is 3.24. The number of carbonyl (C=O) groups is 2. The summed E-state index contributed by atoms with van der Waals surface area (Å²) >= 11 is 0. The third-order valence-corrected chi connectivity index (χ3v) is 6.12. The quantitative estimate of drug-likeness (QED) is 0.869. The first kappa shape index (κ1) is 17.0. The van der Waals surface area contributed by atoms with Crippen LogP contribution in [0.1, 0.15) is 30.4 Å². The molecule has 1 aromatic rings. The van der Waals surface area contributed by atoms with E-state index in [9.17, 15) is 18.0 Å². The Morgan fingerprint density at radius 2 is 2.00 bits per heavy atom. The Morgan fingerprint density at radius 1 is 1.29 bits per heavy atom. The second-order valence-electron chi connectivity index (χ2n) is 6.88. The average molecular weight is 350 g/mol. The molecule has 1 aliphatic heterocycles. The molecule has 0 spiro atoms. The first-order valence-corrected chi connectivity index (χ1v) is 9.66. The highest BCUT2D eigenvalue weighted by Crippen LogP contribution is 2.32. The molecule has 3 rings (SSSR count). The first-order chi connectivity index (χ1) is 11.3. The van der Waals surface area contributed by atoms with E-state index in [2.05, 4.69) is 4.72 Å². The van der Waals surface area contributed by atoms with Gasteiger partial charge in [-0.3, -0.25) is 9.59 Å². The minimum atomic E-state index is -3.93. The molecule has 1 saturated carbocycles. The van der Waals surface area contributed by atoms with Crippen molar-refractivity contribution in [3.63, 3.8) is 0 Å². The van der Waals surface area contributed by atoms with E-state index in [1.165, 1.54) is 0 Å². The van der Waals surface area contributed by atoms with E-state index in [4.69, 9.17) is 0 Å². The molecule has 1 aliphatic carbocycles. The monoisotopic (exact) mass is 350 g/mol. The van der Waals surface area contributed by atoms with Gasteiger partial charge in [-0.15, -0.1) is 0 Å². The lowest BCUT2D eigenvalue weighted by Crippen LogP contribution is -2.37. The predicted octanol–water partition coefficient (Wildman–Crippen LogP) is 1.37. The molecule has 1 N–H and O–H groups in total. The lowest BCUT2D eigenvalue weighted by molar-refractivity contribution is -0.128. The van der Waals surface area contributed by atoms with Crippen LogP contribution in [0.5, 0.6) is 0 Å². The van der Waals surface area contributed by atoms with Crippen molar-refractivity contribution in [2.24, 2.45) is 11.8 Å². The standard InChI is InChI=1S/C17H22N2O4S/c1-11-3-4-12(2)15(7-11)24(22,23)18-17(21)14-8-16(20)19(10-14)9-13-5-6-13/h3-4,7,13-14H,5-6,8-10H2,1-2H3,(H,18,21). The Labute approximate surface area is 142 Å². The molecule has 7 heteroatoms. The van der Waals surface area contributed by atoms with Crippen molar-refractivity contribution < 1.29 is 18.0 Å². The van der Waals surface area contributed by atoms with Gasteiger partial charge < -0.3 is 4.90 Å². The molecule has 0 aromatic heterocycles. The Balaban J connectivity index is 1.69. The fourth-order valence-electron chi connectivity index (χ4n) is 3.00. The van der Waals surface area contributed by atoms with Crippen LogP contribution in [0.15, 0.2) is 23.1 Å². The maximum absolute atomic E-state index is 12.5. The summed E-state index contributed by atoms with van der Waals surface area (Å²) in [5.41, 5.74) is 1.39. The van der Waals surface area contributed by atoms with E-state index < -0.39 is 21.8 Å². The Kier molecular flexibility index (Phi) is 4.38. The smallest absolute Gasteiger partial charge is 0.264 e. The molecule has 1 saturated heterocycles. The molecule has 1 atom stereocenters. The van der Waals surface area contributed by atoms with Gasteiger partial charge in [-0.25, -0.2) is 13.1 Å². The van der Waals surface area contributed by atoms with Gasteiger partial charge in [0.1, 0.15) is 0 Å². The van der Waals surface area contributed by atoms with Gasteiger partial charge in [0, 0.05) is 19.5 Å². The van der Waals surface area contributed by atoms with E-state index in [-0.39, 0.29) is 17.2 Å². The van der Waals surface area contributed by atoms with Crippen molar-refractivity contribution in [3.05, 3.63) is 29.3 Å². The zero-order valence-corrected chi connectivity index (χ0v) is 14.7. The molecular weight excluding hydrogens is 328 g/mol. The SMILES string of the molecule is Cc1ccc(C)c(S(=O)(=O)NC(=O)C2CC(=O)N(CC3CC3)C2)c1. The van der Waals surface area contributed by atoms with Crippen LogP contribution in [0.25, 0.3) is 0 Å².